The van der Waals surface area contributed by atoms with Gasteiger partial charge in [-0.25, -0.2) is 0 Å². The van der Waals surface area contributed by atoms with Crippen LogP contribution in [0.3, 0.4) is 0 Å². The van der Waals surface area contributed by atoms with Crippen LogP contribution in [0.4, 0.5) is 0 Å². The predicted molar refractivity (Wildman–Crippen MR) is 53.6 cm³/mol. The molecule has 0 aliphatic rings. The Labute approximate surface area is 151 Å². The monoisotopic (exact) mass is 266 g/mol. The second-order valence-electron chi connectivity index (χ2n) is 3.03. The largest absolute Gasteiger partial charge is 1.00 e. The van der Waals surface area contributed by atoms with Gasteiger partial charge in [-0.15, -0.1) is 5.92 Å². The Hall–Kier alpha value is 0.0700. The van der Waals surface area contributed by atoms with Gasteiger partial charge < -0.3 is 16.3 Å². The summed E-state index contributed by atoms with van der Waals surface area (Å²) >= 11 is 0. The van der Waals surface area contributed by atoms with Gasteiger partial charge in [0.15, 0.2) is 0 Å². The third kappa shape index (κ3) is 11.2. The summed E-state index contributed by atoms with van der Waals surface area (Å²) in [6.45, 7) is 1.74. The molecule has 0 aliphatic carbocycles. The molecule has 0 N–H and O–H groups in total. The maximum atomic E-state index is 10.6. The SMILES string of the molecule is C[CH-]C(Cc1ccccc1)C(=O)[O-].O=C=O.[Na+].[Na+]. The molecule has 0 amide bonds. The average molecular weight is 266 g/mol. The van der Waals surface area contributed by atoms with Gasteiger partial charge in [0.1, 0.15) is 0 Å². The molecule has 0 bridgehead atoms. The van der Waals surface area contributed by atoms with Crippen molar-refractivity contribution in [1.82, 2.24) is 0 Å². The molecule has 18 heavy (non-hydrogen) atoms. The Bertz CT molecular complexity index is 348. The number of hydrogen-bond acceptors (Lipinski definition) is 4. The average Bonchev–Trinajstić information content (AvgIpc) is 2.28. The van der Waals surface area contributed by atoms with Crippen LogP contribution in [0.25, 0.3) is 0 Å². The molecule has 0 radical (unpaired) electrons. The summed E-state index contributed by atoms with van der Waals surface area (Å²) in [6.07, 6.45) is 2.42. The van der Waals surface area contributed by atoms with E-state index in [-0.39, 0.29) is 65.3 Å². The molecule has 0 heterocycles. The first-order valence-electron chi connectivity index (χ1n) is 4.69. The molecule has 1 atom stereocenters. The fourth-order valence-electron chi connectivity index (χ4n) is 1.21. The normalized spacial score (nSPS) is 9.39. The number of carboxylic acid groups (broad SMARTS) is 1. The number of rotatable bonds is 4. The number of carbonyl (C=O) groups is 1. The van der Waals surface area contributed by atoms with E-state index in [1.54, 1.807) is 13.3 Å². The number of benzene rings is 1. The van der Waals surface area contributed by atoms with Gasteiger partial charge in [0.25, 0.3) is 0 Å². The molecule has 0 aromatic heterocycles. The topological polar surface area (TPSA) is 74.3 Å². The Morgan fingerprint density at radius 2 is 1.72 bits per heavy atom. The molecule has 0 fully saturated rings. The molecule has 4 nitrogen and oxygen atoms in total. The smallest absolute Gasteiger partial charge is 0.553 e. The molecular weight excluding hydrogens is 254 g/mol. The third-order valence-corrected chi connectivity index (χ3v) is 2.00. The molecule has 6 heteroatoms. The summed E-state index contributed by atoms with van der Waals surface area (Å²) in [6, 6.07) is 9.54. The summed E-state index contributed by atoms with van der Waals surface area (Å²) < 4.78 is 0. The van der Waals surface area contributed by atoms with Crippen molar-refractivity contribution in [2.24, 2.45) is 5.92 Å². The van der Waals surface area contributed by atoms with E-state index in [2.05, 4.69) is 0 Å². The van der Waals surface area contributed by atoms with Crippen LogP contribution in [0.5, 0.6) is 0 Å². The molecule has 1 unspecified atom stereocenters. The summed E-state index contributed by atoms with van der Waals surface area (Å²) in [5, 5.41) is 10.6. The van der Waals surface area contributed by atoms with Crippen molar-refractivity contribution in [1.29, 1.82) is 0 Å². The van der Waals surface area contributed by atoms with E-state index in [4.69, 9.17) is 9.59 Å². The quantitative estimate of drug-likeness (QED) is 0.402. The van der Waals surface area contributed by atoms with Gasteiger partial charge in [0, 0.05) is 5.97 Å². The molecule has 0 aliphatic heterocycles. The maximum absolute atomic E-state index is 10.6. The minimum absolute atomic E-state index is 0. The first-order valence-corrected chi connectivity index (χ1v) is 4.69. The fraction of sp³-hybridized carbons (Fsp3) is 0.250. The van der Waals surface area contributed by atoms with E-state index in [0.717, 1.165) is 5.56 Å². The van der Waals surface area contributed by atoms with Gasteiger partial charge >= 0.3 is 65.3 Å². The van der Waals surface area contributed by atoms with Crippen LogP contribution in [-0.2, 0) is 20.8 Å². The zero-order valence-corrected chi connectivity index (χ0v) is 14.9. The second-order valence-corrected chi connectivity index (χ2v) is 3.03. The molecule has 1 rings (SSSR count). The predicted octanol–water partition coefficient (Wildman–Crippen LogP) is -5.76. The van der Waals surface area contributed by atoms with E-state index in [1.165, 1.54) is 0 Å². The number of carboxylic acids is 1. The van der Waals surface area contributed by atoms with Gasteiger partial charge in [-0.05, 0) is 12.0 Å². The minimum Gasteiger partial charge on any atom is -0.553 e. The van der Waals surface area contributed by atoms with Crippen molar-refractivity contribution in [3.63, 3.8) is 0 Å². The van der Waals surface area contributed by atoms with Crippen molar-refractivity contribution < 1.29 is 78.6 Å². The first kappa shape index (κ1) is 23.2. The Balaban J connectivity index is -0.000000410. The molecule has 1 aromatic carbocycles. The number of aliphatic carboxylic acids is 1. The van der Waals surface area contributed by atoms with Gasteiger partial charge in [-0.3, -0.25) is 0 Å². The van der Waals surface area contributed by atoms with E-state index in [9.17, 15) is 9.90 Å². The van der Waals surface area contributed by atoms with E-state index >= 15 is 0 Å². The summed E-state index contributed by atoms with van der Waals surface area (Å²) in [4.78, 5) is 26.8. The third-order valence-electron chi connectivity index (χ3n) is 2.00. The second kappa shape index (κ2) is 15.1. The zero-order chi connectivity index (χ0) is 12.4. The minimum atomic E-state index is -1.01. The van der Waals surface area contributed by atoms with Crippen LogP contribution in [0, 0.1) is 12.3 Å². The van der Waals surface area contributed by atoms with Crippen LogP contribution < -0.4 is 64.2 Å². The molecule has 0 saturated heterocycles. The van der Waals surface area contributed by atoms with Crippen LogP contribution in [0.2, 0.25) is 0 Å². The van der Waals surface area contributed by atoms with E-state index in [0.29, 0.717) is 6.42 Å². The zero-order valence-electron chi connectivity index (χ0n) is 10.9. The number of hydrogen-bond donors (Lipinski definition) is 0. The maximum Gasteiger partial charge on any atom is 1.00 e. The van der Waals surface area contributed by atoms with Crippen molar-refractivity contribution in [3.05, 3.63) is 42.3 Å². The molecule has 0 spiro atoms. The summed E-state index contributed by atoms with van der Waals surface area (Å²) in [5.41, 5.74) is 1.02. The first-order chi connectivity index (χ1) is 7.65. The van der Waals surface area contributed by atoms with Crippen LogP contribution in [0.15, 0.2) is 30.3 Å². The summed E-state index contributed by atoms with van der Waals surface area (Å²) in [5.74, 6) is -1.49. The standard InChI is InChI=1S/C11H13O2.CO2.2Na/c1-2-10(11(12)13)8-9-6-4-3-5-7-9;2-1-3;;/h2-7,10H,8H2,1H3,(H,12,13);;;/q-1;;2*+1/p-1. The molecule has 86 valence electrons. The van der Waals surface area contributed by atoms with Crippen molar-refractivity contribution in [2.45, 2.75) is 13.3 Å². The van der Waals surface area contributed by atoms with Crippen LogP contribution >= 0.6 is 0 Å². The molecule has 0 saturated carbocycles. The number of carbonyl (C=O) groups excluding carboxylic acids is 3. The summed E-state index contributed by atoms with van der Waals surface area (Å²) in [7, 11) is 0. The van der Waals surface area contributed by atoms with Crippen molar-refractivity contribution >= 4 is 12.1 Å². The van der Waals surface area contributed by atoms with E-state index in [1.807, 2.05) is 30.3 Å². The Morgan fingerprint density at radius 3 is 2.06 bits per heavy atom. The molecular formula is C12H12Na2O4. The fourth-order valence-corrected chi connectivity index (χ4v) is 1.21. The van der Waals surface area contributed by atoms with Crippen LogP contribution in [-0.4, -0.2) is 12.1 Å². The van der Waals surface area contributed by atoms with Gasteiger partial charge in [0.2, 0.25) is 0 Å². The van der Waals surface area contributed by atoms with Gasteiger partial charge in [-0.1, -0.05) is 30.3 Å². The van der Waals surface area contributed by atoms with Gasteiger partial charge in [0.05, 0.1) is 0 Å². The van der Waals surface area contributed by atoms with E-state index < -0.39 is 11.9 Å². The van der Waals surface area contributed by atoms with Crippen LogP contribution in [0.1, 0.15) is 12.5 Å². The van der Waals surface area contributed by atoms with Crippen molar-refractivity contribution in [2.75, 3.05) is 0 Å². The van der Waals surface area contributed by atoms with Gasteiger partial charge in [-0.2, -0.15) is 16.5 Å². The molecule has 1 aromatic rings. The van der Waals surface area contributed by atoms with Crippen molar-refractivity contribution in [3.8, 4) is 0 Å². The Kier molecular flexibility index (Phi) is 19.5. The Morgan fingerprint density at radius 1 is 1.28 bits per heavy atom.